The van der Waals surface area contributed by atoms with E-state index in [1.54, 1.807) is 6.21 Å². The maximum absolute atomic E-state index is 11.6. The molecule has 0 atom stereocenters. The van der Waals surface area contributed by atoms with Crippen LogP contribution in [0, 0.1) is 20.8 Å². The number of amides is 1. The standard InChI is InChI=1S/C13H16N4OS/c1-8-4-11(10(3)15-8)6-14-17-12(18)5-13-16-9(2)7-19-13/h4,6-7,15H,5H2,1-3H3,(H,17,18)/b14-6+. The molecule has 0 aliphatic rings. The first-order valence-corrected chi connectivity index (χ1v) is 6.81. The quantitative estimate of drug-likeness (QED) is 0.663. The van der Waals surface area contributed by atoms with Crippen molar-refractivity contribution in [1.29, 1.82) is 0 Å². The van der Waals surface area contributed by atoms with Gasteiger partial charge in [0, 0.05) is 28.0 Å². The van der Waals surface area contributed by atoms with Gasteiger partial charge in [-0.15, -0.1) is 11.3 Å². The fraction of sp³-hybridized carbons (Fsp3) is 0.308. The smallest absolute Gasteiger partial charge is 0.246 e. The molecule has 0 fully saturated rings. The molecule has 2 N–H and O–H groups in total. The molecule has 0 aliphatic carbocycles. The van der Waals surface area contributed by atoms with E-state index in [9.17, 15) is 4.79 Å². The molecule has 2 aromatic rings. The maximum Gasteiger partial charge on any atom is 0.246 e. The highest BCUT2D eigenvalue weighted by molar-refractivity contribution is 7.09. The van der Waals surface area contributed by atoms with E-state index in [0.717, 1.165) is 27.7 Å². The fourth-order valence-corrected chi connectivity index (χ4v) is 2.48. The average Bonchev–Trinajstić information content (AvgIpc) is 2.86. The second-order valence-electron chi connectivity index (χ2n) is 4.39. The van der Waals surface area contributed by atoms with Gasteiger partial charge in [0.1, 0.15) is 5.01 Å². The molecule has 0 aromatic carbocycles. The van der Waals surface area contributed by atoms with E-state index in [2.05, 4.69) is 20.5 Å². The Balaban J connectivity index is 1.88. The largest absolute Gasteiger partial charge is 0.362 e. The molecule has 0 saturated heterocycles. The summed E-state index contributed by atoms with van der Waals surface area (Å²) in [6, 6.07) is 1.98. The first-order chi connectivity index (χ1) is 9.04. The zero-order valence-electron chi connectivity index (χ0n) is 11.2. The predicted octanol–water partition coefficient (Wildman–Crippen LogP) is 2.09. The Morgan fingerprint density at radius 3 is 2.89 bits per heavy atom. The van der Waals surface area contributed by atoms with Crippen LogP contribution in [0.2, 0.25) is 0 Å². The Bertz CT molecular complexity index is 612. The second-order valence-corrected chi connectivity index (χ2v) is 5.33. The number of thiazole rings is 1. The van der Waals surface area contributed by atoms with Gasteiger partial charge in [0.05, 0.1) is 12.6 Å². The van der Waals surface area contributed by atoms with Crippen LogP contribution in [-0.2, 0) is 11.2 Å². The Morgan fingerprint density at radius 2 is 2.32 bits per heavy atom. The van der Waals surface area contributed by atoms with E-state index in [0.29, 0.717) is 0 Å². The lowest BCUT2D eigenvalue weighted by Gasteiger charge is -1.96. The number of hydrogen-bond acceptors (Lipinski definition) is 4. The van der Waals surface area contributed by atoms with Crippen LogP contribution in [0.1, 0.15) is 27.7 Å². The average molecular weight is 276 g/mol. The maximum atomic E-state index is 11.6. The summed E-state index contributed by atoms with van der Waals surface area (Å²) in [5.74, 6) is -0.157. The van der Waals surface area contributed by atoms with Crippen LogP contribution in [-0.4, -0.2) is 22.1 Å². The molecule has 2 heterocycles. The molecule has 0 spiro atoms. The molecule has 2 rings (SSSR count). The Labute approximate surface area is 115 Å². The second kappa shape index (κ2) is 5.79. The monoisotopic (exact) mass is 276 g/mol. The first kappa shape index (κ1) is 13.5. The number of hydrogen-bond donors (Lipinski definition) is 2. The summed E-state index contributed by atoms with van der Waals surface area (Å²) in [6.07, 6.45) is 1.91. The fourth-order valence-electron chi connectivity index (χ4n) is 1.71. The molecule has 0 saturated carbocycles. The summed E-state index contributed by atoms with van der Waals surface area (Å²) in [6.45, 7) is 5.86. The number of rotatable bonds is 4. The first-order valence-electron chi connectivity index (χ1n) is 5.93. The molecule has 1 amide bonds. The van der Waals surface area contributed by atoms with Crippen molar-refractivity contribution < 1.29 is 4.79 Å². The Hall–Kier alpha value is -1.95. The van der Waals surface area contributed by atoms with Crippen molar-refractivity contribution in [3.63, 3.8) is 0 Å². The molecule has 0 aliphatic heterocycles. The summed E-state index contributed by atoms with van der Waals surface area (Å²) in [7, 11) is 0. The van der Waals surface area contributed by atoms with Crippen molar-refractivity contribution in [2.75, 3.05) is 0 Å². The van der Waals surface area contributed by atoms with Gasteiger partial charge < -0.3 is 4.98 Å². The van der Waals surface area contributed by atoms with E-state index in [1.165, 1.54) is 11.3 Å². The minimum absolute atomic E-state index is 0.157. The van der Waals surface area contributed by atoms with Gasteiger partial charge in [-0.3, -0.25) is 4.79 Å². The van der Waals surface area contributed by atoms with Gasteiger partial charge in [-0.2, -0.15) is 5.10 Å². The van der Waals surface area contributed by atoms with Crippen molar-refractivity contribution in [3.8, 4) is 0 Å². The van der Waals surface area contributed by atoms with Crippen LogP contribution >= 0.6 is 11.3 Å². The molecule has 0 bridgehead atoms. The number of carbonyl (C=O) groups is 1. The number of H-pyrrole nitrogens is 1. The van der Waals surface area contributed by atoms with Crippen molar-refractivity contribution in [3.05, 3.63) is 39.1 Å². The van der Waals surface area contributed by atoms with E-state index in [1.807, 2.05) is 32.2 Å². The van der Waals surface area contributed by atoms with Gasteiger partial charge in [0.2, 0.25) is 5.91 Å². The number of hydrazone groups is 1. The molecule has 100 valence electrons. The Morgan fingerprint density at radius 1 is 1.53 bits per heavy atom. The van der Waals surface area contributed by atoms with Crippen LogP contribution in [0.3, 0.4) is 0 Å². The lowest BCUT2D eigenvalue weighted by Crippen LogP contribution is -2.19. The highest BCUT2D eigenvalue weighted by Crippen LogP contribution is 2.09. The lowest BCUT2D eigenvalue weighted by atomic mass is 10.3. The van der Waals surface area contributed by atoms with Crippen LogP contribution < -0.4 is 5.43 Å². The van der Waals surface area contributed by atoms with Crippen molar-refractivity contribution in [1.82, 2.24) is 15.4 Å². The minimum atomic E-state index is -0.157. The number of nitrogens with zero attached hydrogens (tertiary/aromatic N) is 2. The molecule has 19 heavy (non-hydrogen) atoms. The summed E-state index contributed by atoms with van der Waals surface area (Å²) in [5.41, 5.74) is 6.53. The Kier molecular flexibility index (Phi) is 4.11. The summed E-state index contributed by atoms with van der Waals surface area (Å²) in [4.78, 5) is 19.0. The van der Waals surface area contributed by atoms with Crippen LogP contribution in [0.25, 0.3) is 0 Å². The number of aromatic amines is 1. The molecule has 6 heteroatoms. The van der Waals surface area contributed by atoms with E-state index >= 15 is 0 Å². The summed E-state index contributed by atoms with van der Waals surface area (Å²) in [5, 5.41) is 6.68. The van der Waals surface area contributed by atoms with E-state index in [-0.39, 0.29) is 12.3 Å². The molecule has 2 aromatic heterocycles. The van der Waals surface area contributed by atoms with E-state index in [4.69, 9.17) is 0 Å². The van der Waals surface area contributed by atoms with Gasteiger partial charge in [0.15, 0.2) is 0 Å². The van der Waals surface area contributed by atoms with Gasteiger partial charge in [-0.1, -0.05) is 0 Å². The highest BCUT2D eigenvalue weighted by Gasteiger charge is 2.05. The highest BCUT2D eigenvalue weighted by atomic mass is 32.1. The predicted molar refractivity (Wildman–Crippen MR) is 76.6 cm³/mol. The van der Waals surface area contributed by atoms with Crippen molar-refractivity contribution in [2.24, 2.45) is 5.10 Å². The zero-order chi connectivity index (χ0) is 13.8. The van der Waals surface area contributed by atoms with Gasteiger partial charge in [-0.05, 0) is 26.8 Å². The van der Waals surface area contributed by atoms with Gasteiger partial charge in [0.25, 0.3) is 0 Å². The number of aryl methyl sites for hydroxylation is 3. The van der Waals surface area contributed by atoms with Crippen LogP contribution in [0.15, 0.2) is 16.5 Å². The molecule has 5 nitrogen and oxygen atoms in total. The van der Waals surface area contributed by atoms with Gasteiger partial charge in [-0.25, -0.2) is 10.4 Å². The van der Waals surface area contributed by atoms with Crippen LogP contribution in [0.5, 0.6) is 0 Å². The minimum Gasteiger partial charge on any atom is -0.362 e. The number of nitrogens with one attached hydrogen (secondary N) is 2. The third kappa shape index (κ3) is 3.75. The summed E-state index contributed by atoms with van der Waals surface area (Å²) < 4.78 is 0. The van der Waals surface area contributed by atoms with Crippen LogP contribution in [0.4, 0.5) is 0 Å². The molecular formula is C13H16N4OS. The zero-order valence-corrected chi connectivity index (χ0v) is 12.0. The SMILES string of the molecule is Cc1csc(CC(=O)N/N=C/c2cc(C)[nH]c2C)n1. The lowest BCUT2D eigenvalue weighted by molar-refractivity contribution is -0.120. The third-order valence-electron chi connectivity index (χ3n) is 2.56. The summed E-state index contributed by atoms with van der Waals surface area (Å²) >= 11 is 1.48. The topological polar surface area (TPSA) is 70.1 Å². The normalized spacial score (nSPS) is 11.1. The van der Waals surface area contributed by atoms with E-state index < -0.39 is 0 Å². The van der Waals surface area contributed by atoms with Gasteiger partial charge >= 0.3 is 0 Å². The van der Waals surface area contributed by atoms with Crippen molar-refractivity contribution in [2.45, 2.75) is 27.2 Å². The number of carbonyl (C=O) groups excluding carboxylic acids is 1. The van der Waals surface area contributed by atoms with Crippen molar-refractivity contribution >= 4 is 23.5 Å². The number of aromatic nitrogens is 2. The molecule has 0 unspecified atom stereocenters. The third-order valence-corrected chi connectivity index (χ3v) is 3.53. The molecular weight excluding hydrogens is 260 g/mol. The molecule has 0 radical (unpaired) electrons.